The summed E-state index contributed by atoms with van der Waals surface area (Å²) >= 11 is 3.07. The Kier molecular flexibility index (Phi) is 3.75. The topological polar surface area (TPSA) is 99.0 Å². The van der Waals surface area contributed by atoms with Gasteiger partial charge >= 0.3 is 5.76 Å². The predicted molar refractivity (Wildman–Crippen MR) is 77.2 cm³/mol. The fourth-order valence-electron chi connectivity index (χ4n) is 1.87. The highest BCUT2D eigenvalue weighted by Gasteiger charge is 2.22. The molecule has 0 spiro atoms. The van der Waals surface area contributed by atoms with Crippen LogP contribution in [0.2, 0.25) is 0 Å². The highest BCUT2D eigenvalue weighted by molar-refractivity contribution is 9.10. The normalized spacial score (nSPS) is 10.9. The first kappa shape index (κ1) is 14.4. The molecule has 0 aliphatic carbocycles. The van der Waals surface area contributed by atoms with Gasteiger partial charge in [-0.1, -0.05) is 5.16 Å². The largest absolute Gasteiger partial charge is 0.446 e. The monoisotopic (exact) mass is 369 g/mol. The Morgan fingerprint density at radius 2 is 2.18 bits per heavy atom. The van der Waals surface area contributed by atoms with Gasteiger partial charge in [-0.15, -0.1) is 0 Å². The fraction of sp³-hybridized carbons (Fsp3) is 0.167. The van der Waals surface area contributed by atoms with Crippen molar-refractivity contribution in [3.8, 4) is 17.2 Å². The minimum Gasteiger partial charge on any atom is -0.366 e. The second kappa shape index (κ2) is 5.72. The van der Waals surface area contributed by atoms with E-state index in [9.17, 15) is 9.18 Å². The molecule has 114 valence electrons. The first-order valence-electron chi connectivity index (χ1n) is 6.22. The van der Waals surface area contributed by atoms with Gasteiger partial charge in [0.1, 0.15) is 5.82 Å². The van der Waals surface area contributed by atoms with Crippen LogP contribution < -0.4 is 11.1 Å². The maximum absolute atomic E-state index is 13.4. The van der Waals surface area contributed by atoms with Crippen LogP contribution in [0, 0.1) is 5.82 Å². The summed E-state index contributed by atoms with van der Waals surface area (Å²) < 4.78 is 24.1. The van der Waals surface area contributed by atoms with Crippen LogP contribution in [0.3, 0.4) is 0 Å². The number of nitrogens with one attached hydrogen (secondary N) is 1. The summed E-state index contributed by atoms with van der Waals surface area (Å²) in [6.45, 7) is 2.44. The van der Waals surface area contributed by atoms with Gasteiger partial charge in [-0.3, -0.25) is 4.52 Å². The lowest BCUT2D eigenvalue weighted by molar-refractivity contribution is 0.309. The molecule has 0 atom stereocenters. The van der Waals surface area contributed by atoms with E-state index < -0.39 is 11.6 Å². The number of anilines is 1. The molecule has 0 aliphatic heterocycles. The van der Waals surface area contributed by atoms with Crippen LogP contribution in [0.15, 0.2) is 36.6 Å². The van der Waals surface area contributed by atoms with Crippen molar-refractivity contribution in [2.75, 3.05) is 11.9 Å². The maximum Gasteiger partial charge on any atom is 0.446 e. The second-order valence-electron chi connectivity index (χ2n) is 4.20. The summed E-state index contributed by atoms with van der Waals surface area (Å²) in [6, 6.07) is 4.06. The van der Waals surface area contributed by atoms with E-state index in [2.05, 4.69) is 45.9 Å². The number of aromatic nitrogens is 4. The highest BCUT2D eigenvalue weighted by atomic mass is 79.9. The average molecular weight is 370 g/mol. The van der Waals surface area contributed by atoms with Crippen LogP contribution in [-0.4, -0.2) is 26.6 Å². The number of rotatable bonds is 4. The lowest BCUT2D eigenvalue weighted by atomic mass is 10.3. The zero-order chi connectivity index (χ0) is 15.7. The number of hydrogen-bond donors (Lipinski definition) is 1. The van der Waals surface area contributed by atoms with Crippen molar-refractivity contribution in [1.29, 1.82) is 0 Å². The van der Waals surface area contributed by atoms with Crippen molar-refractivity contribution in [2.45, 2.75) is 6.92 Å². The van der Waals surface area contributed by atoms with E-state index in [1.54, 1.807) is 0 Å². The van der Waals surface area contributed by atoms with E-state index in [1.165, 1.54) is 18.2 Å². The predicted octanol–water partition coefficient (Wildman–Crippen LogP) is 2.21. The van der Waals surface area contributed by atoms with Crippen molar-refractivity contribution < 1.29 is 13.5 Å². The van der Waals surface area contributed by atoms with Gasteiger partial charge in [0.15, 0.2) is 5.69 Å². The molecule has 0 aliphatic rings. The van der Waals surface area contributed by atoms with Gasteiger partial charge in [0, 0.05) is 6.54 Å². The molecule has 3 rings (SSSR count). The molecule has 0 unspecified atom stereocenters. The molecular formula is C12H9BrFN5O3. The van der Waals surface area contributed by atoms with E-state index in [0.717, 1.165) is 4.57 Å². The Bertz CT molecular complexity index is 872. The van der Waals surface area contributed by atoms with Crippen molar-refractivity contribution in [2.24, 2.45) is 0 Å². The SMILES string of the molecule is CCNc1nonc1-c1noc(=O)n1-c1ccc(F)c(Br)c1. The number of halogens is 2. The molecule has 1 N–H and O–H groups in total. The van der Waals surface area contributed by atoms with Crippen LogP contribution in [0.4, 0.5) is 10.2 Å². The summed E-state index contributed by atoms with van der Waals surface area (Å²) in [5.74, 6) is -0.767. The van der Waals surface area contributed by atoms with Gasteiger partial charge in [0.05, 0.1) is 10.2 Å². The molecular weight excluding hydrogens is 361 g/mol. The van der Waals surface area contributed by atoms with Crippen LogP contribution in [0.5, 0.6) is 0 Å². The van der Waals surface area contributed by atoms with E-state index in [-0.39, 0.29) is 16.0 Å². The standard InChI is InChI=1S/C12H9BrFN5O3/c1-2-15-10-9(16-22-17-10)11-18-21-12(20)19(11)6-3-4-8(14)7(13)5-6/h3-5H,2H2,1H3,(H,15,17). The Morgan fingerprint density at radius 3 is 2.91 bits per heavy atom. The molecule has 0 saturated carbocycles. The smallest absolute Gasteiger partial charge is 0.366 e. The Labute approximate surface area is 131 Å². The molecule has 3 aromatic rings. The van der Waals surface area contributed by atoms with E-state index in [4.69, 9.17) is 0 Å². The van der Waals surface area contributed by atoms with Crippen LogP contribution in [0.1, 0.15) is 6.92 Å². The van der Waals surface area contributed by atoms with Gasteiger partial charge in [-0.2, -0.15) is 0 Å². The summed E-state index contributed by atoms with van der Waals surface area (Å²) in [5, 5.41) is 14.0. The zero-order valence-electron chi connectivity index (χ0n) is 11.2. The first-order valence-corrected chi connectivity index (χ1v) is 7.02. The minimum atomic E-state index is -0.737. The molecule has 0 fully saturated rings. The molecule has 8 nitrogen and oxygen atoms in total. The quantitative estimate of drug-likeness (QED) is 0.752. The molecule has 0 bridgehead atoms. The Balaban J connectivity index is 2.17. The van der Waals surface area contributed by atoms with Crippen molar-refractivity contribution in [1.82, 2.24) is 20.0 Å². The van der Waals surface area contributed by atoms with Gasteiger partial charge < -0.3 is 5.32 Å². The fourth-order valence-corrected chi connectivity index (χ4v) is 2.24. The van der Waals surface area contributed by atoms with Crippen molar-refractivity contribution in [3.63, 3.8) is 0 Å². The lowest BCUT2D eigenvalue weighted by Gasteiger charge is -2.04. The summed E-state index contributed by atoms with van der Waals surface area (Å²) in [5.41, 5.74) is 0.577. The molecule has 22 heavy (non-hydrogen) atoms. The van der Waals surface area contributed by atoms with Crippen molar-refractivity contribution >= 4 is 21.7 Å². The Morgan fingerprint density at radius 1 is 1.36 bits per heavy atom. The summed E-state index contributed by atoms with van der Waals surface area (Å²) in [4.78, 5) is 11.9. The molecule has 2 heterocycles. The summed E-state index contributed by atoms with van der Waals surface area (Å²) in [6.07, 6.45) is 0. The zero-order valence-corrected chi connectivity index (χ0v) is 12.8. The third-order valence-corrected chi connectivity index (χ3v) is 3.42. The van der Waals surface area contributed by atoms with Crippen LogP contribution in [0.25, 0.3) is 17.2 Å². The minimum absolute atomic E-state index is 0.0979. The molecule has 0 radical (unpaired) electrons. The third-order valence-electron chi connectivity index (χ3n) is 2.81. The van der Waals surface area contributed by atoms with E-state index in [1.807, 2.05) is 6.92 Å². The van der Waals surface area contributed by atoms with Gasteiger partial charge in [-0.25, -0.2) is 18.4 Å². The summed E-state index contributed by atoms with van der Waals surface area (Å²) in [7, 11) is 0. The molecule has 10 heteroatoms. The number of nitrogens with zero attached hydrogens (tertiary/aromatic N) is 4. The molecule has 1 aromatic carbocycles. The van der Waals surface area contributed by atoms with E-state index >= 15 is 0 Å². The van der Waals surface area contributed by atoms with Gasteiger partial charge in [0.25, 0.3) is 0 Å². The first-order chi connectivity index (χ1) is 10.6. The van der Waals surface area contributed by atoms with Crippen LogP contribution >= 0.6 is 15.9 Å². The lowest BCUT2D eigenvalue weighted by Crippen LogP contribution is -2.14. The van der Waals surface area contributed by atoms with E-state index in [0.29, 0.717) is 18.1 Å². The average Bonchev–Trinajstić information content (AvgIpc) is 3.09. The highest BCUT2D eigenvalue weighted by Crippen LogP contribution is 2.25. The van der Waals surface area contributed by atoms with Crippen molar-refractivity contribution in [3.05, 3.63) is 39.0 Å². The molecule has 2 aromatic heterocycles. The Hall–Kier alpha value is -2.49. The van der Waals surface area contributed by atoms with Crippen LogP contribution in [-0.2, 0) is 0 Å². The molecule has 0 amide bonds. The number of benzene rings is 1. The maximum atomic E-state index is 13.4. The molecule has 0 saturated heterocycles. The second-order valence-corrected chi connectivity index (χ2v) is 5.05. The third kappa shape index (κ3) is 2.41. The van der Waals surface area contributed by atoms with Gasteiger partial charge in [-0.05, 0) is 51.4 Å². The van der Waals surface area contributed by atoms with Gasteiger partial charge in [0.2, 0.25) is 11.6 Å². The number of hydrogen-bond acceptors (Lipinski definition) is 7.